The number of piperazine rings is 2. The zero-order valence-electron chi connectivity index (χ0n) is 10.8. The van der Waals surface area contributed by atoms with E-state index < -0.39 is 0 Å². The zero-order valence-corrected chi connectivity index (χ0v) is 12.4. The summed E-state index contributed by atoms with van der Waals surface area (Å²) in [6.07, 6.45) is 0. The molecule has 0 radical (unpaired) electrons. The van der Waals surface area contributed by atoms with Crippen molar-refractivity contribution < 1.29 is 0 Å². The smallest absolute Gasteiger partial charge is 0.0397 e. The molecule has 1 unspecified atom stereocenters. The molecule has 2 aliphatic heterocycles. The first-order valence-corrected chi connectivity index (χ1v) is 7.49. The molecule has 1 aromatic rings. The van der Waals surface area contributed by atoms with Crippen molar-refractivity contribution in [1.29, 1.82) is 0 Å². The normalized spacial score (nSPS) is 25.0. The highest BCUT2D eigenvalue weighted by atomic mass is 79.9. The molecular formula is C14H20BrN3. The van der Waals surface area contributed by atoms with Gasteiger partial charge in [0, 0.05) is 55.5 Å². The average molecular weight is 310 g/mol. The van der Waals surface area contributed by atoms with E-state index >= 15 is 0 Å². The molecule has 2 fully saturated rings. The van der Waals surface area contributed by atoms with Crippen LogP contribution in [0.4, 0.5) is 5.69 Å². The predicted octanol–water partition coefficient (Wildman–Crippen LogP) is 1.85. The maximum atomic E-state index is 3.57. The monoisotopic (exact) mass is 309 g/mol. The van der Waals surface area contributed by atoms with Crippen molar-refractivity contribution in [3.05, 3.63) is 28.2 Å². The van der Waals surface area contributed by atoms with Crippen LogP contribution < -0.4 is 10.2 Å². The third-order valence-corrected chi connectivity index (χ3v) is 4.96. The van der Waals surface area contributed by atoms with Crippen LogP contribution >= 0.6 is 15.9 Å². The molecule has 1 N–H and O–H groups in total. The lowest BCUT2D eigenvalue weighted by Crippen LogP contribution is -2.61. The second kappa shape index (κ2) is 5.19. The highest BCUT2D eigenvalue weighted by Crippen LogP contribution is 2.25. The van der Waals surface area contributed by atoms with E-state index in [1.807, 2.05) is 0 Å². The van der Waals surface area contributed by atoms with Crippen molar-refractivity contribution in [3.8, 4) is 0 Å². The van der Waals surface area contributed by atoms with Crippen LogP contribution in [0.15, 0.2) is 22.7 Å². The number of nitrogens with one attached hydrogen (secondary N) is 1. The number of hydrogen-bond acceptors (Lipinski definition) is 3. The number of nitrogens with zero attached hydrogens (tertiary/aromatic N) is 2. The molecule has 1 aromatic carbocycles. The Bertz CT molecular complexity index is 435. The van der Waals surface area contributed by atoms with Crippen molar-refractivity contribution in [2.45, 2.75) is 13.0 Å². The minimum Gasteiger partial charge on any atom is -0.369 e. The summed E-state index contributed by atoms with van der Waals surface area (Å²) in [7, 11) is 0. The molecule has 0 aliphatic carbocycles. The van der Waals surface area contributed by atoms with E-state index in [1.54, 1.807) is 0 Å². The van der Waals surface area contributed by atoms with Crippen LogP contribution in [0.5, 0.6) is 0 Å². The van der Waals surface area contributed by atoms with Crippen molar-refractivity contribution >= 4 is 21.6 Å². The highest BCUT2D eigenvalue weighted by molar-refractivity contribution is 9.10. The largest absolute Gasteiger partial charge is 0.369 e. The van der Waals surface area contributed by atoms with Crippen molar-refractivity contribution in [3.63, 3.8) is 0 Å². The number of hydrogen-bond donors (Lipinski definition) is 1. The molecule has 2 heterocycles. The SMILES string of the molecule is Cc1cc(N2CCN3CCNCC3C2)ccc1Br. The molecule has 0 spiro atoms. The van der Waals surface area contributed by atoms with Gasteiger partial charge in [-0.3, -0.25) is 4.90 Å². The van der Waals surface area contributed by atoms with Crippen LogP contribution in [-0.4, -0.2) is 50.2 Å². The molecule has 3 nitrogen and oxygen atoms in total. The molecule has 18 heavy (non-hydrogen) atoms. The van der Waals surface area contributed by atoms with Gasteiger partial charge in [0.1, 0.15) is 0 Å². The Labute approximate surface area is 117 Å². The molecule has 98 valence electrons. The molecule has 2 aliphatic rings. The van der Waals surface area contributed by atoms with Gasteiger partial charge >= 0.3 is 0 Å². The Morgan fingerprint density at radius 1 is 1.28 bits per heavy atom. The van der Waals surface area contributed by atoms with Crippen LogP contribution in [0.25, 0.3) is 0 Å². The summed E-state index contributed by atoms with van der Waals surface area (Å²) in [5.74, 6) is 0. The fourth-order valence-corrected chi connectivity index (χ4v) is 3.18. The van der Waals surface area contributed by atoms with Gasteiger partial charge in [-0.1, -0.05) is 15.9 Å². The lowest BCUT2D eigenvalue weighted by atomic mass is 10.1. The molecule has 0 aromatic heterocycles. The van der Waals surface area contributed by atoms with Crippen LogP contribution in [-0.2, 0) is 0 Å². The second-order valence-corrected chi connectivity index (χ2v) is 6.13. The third-order valence-electron chi connectivity index (χ3n) is 4.07. The average Bonchev–Trinajstić information content (AvgIpc) is 2.41. The molecule has 0 amide bonds. The van der Waals surface area contributed by atoms with Crippen molar-refractivity contribution in [2.24, 2.45) is 0 Å². The molecule has 2 saturated heterocycles. The zero-order chi connectivity index (χ0) is 12.5. The molecule has 0 bridgehead atoms. The molecule has 3 rings (SSSR count). The first kappa shape index (κ1) is 12.5. The van der Waals surface area contributed by atoms with E-state index in [0.717, 1.165) is 26.2 Å². The van der Waals surface area contributed by atoms with Gasteiger partial charge < -0.3 is 10.2 Å². The van der Waals surface area contributed by atoms with Gasteiger partial charge in [-0.25, -0.2) is 0 Å². The van der Waals surface area contributed by atoms with Crippen molar-refractivity contribution in [2.75, 3.05) is 44.2 Å². The molecular weight excluding hydrogens is 290 g/mol. The lowest BCUT2D eigenvalue weighted by Gasteiger charge is -2.45. The summed E-state index contributed by atoms with van der Waals surface area (Å²) in [6.45, 7) is 9.14. The van der Waals surface area contributed by atoms with E-state index in [2.05, 4.69) is 56.2 Å². The van der Waals surface area contributed by atoms with E-state index in [4.69, 9.17) is 0 Å². The fraction of sp³-hybridized carbons (Fsp3) is 0.571. The number of halogens is 1. The Morgan fingerprint density at radius 3 is 3.00 bits per heavy atom. The Balaban J connectivity index is 1.75. The summed E-state index contributed by atoms with van der Waals surface area (Å²) in [5.41, 5.74) is 2.68. The van der Waals surface area contributed by atoms with Gasteiger partial charge in [-0.15, -0.1) is 0 Å². The Morgan fingerprint density at radius 2 is 2.17 bits per heavy atom. The summed E-state index contributed by atoms with van der Waals surface area (Å²) < 4.78 is 1.20. The van der Waals surface area contributed by atoms with Gasteiger partial charge in [-0.05, 0) is 30.7 Å². The number of rotatable bonds is 1. The number of aryl methyl sites for hydroxylation is 1. The Hall–Kier alpha value is -0.580. The summed E-state index contributed by atoms with van der Waals surface area (Å²) in [6, 6.07) is 7.35. The number of anilines is 1. The van der Waals surface area contributed by atoms with Crippen LogP contribution in [0.1, 0.15) is 5.56 Å². The fourth-order valence-electron chi connectivity index (χ4n) is 2.93. The first-order chi connectivity index (χ1) is 8.74. The standard InChI is InChI=1S/C14H20BrN3/c1-11-8-12(2-3-14(11)15)18-7-6-17-5-4-16-9-13(17)10-18/h2-3,8,13,16H,4-7,9-10H2,1H3. The van der Waals surface area contributed by atoms with E-state index in [-0.39, 0.29) is 0 Å². The molecule has 0 saturated carbocycles. The molecule has 4 heteroatoms. The molecule has 1 atom stereocenters. The van der Waals surface area contributed by atoms with Gasteiger partial charge in [0.05, 0.1) is 0 Å². The maximum Gasteiger partial charge on any atom is 0.0397 e. The maximum absolute atomic E-state index is 3.57. The quantitative estimate of drug-likeness (QED) is 0.854. The van der Waals surface area contributed by atoms with Crippen LogP contribution in [0.2, 0.25) is 0 Å². The predicted molar refractivity (Wildman–Crippen MR) is 79.3 cm³/mol. The minimum absolute atomic E-state index is 0.677. The van der Waals surface area contributed by atoms with E-state index in [9.17, 15) is 0 Å². The minimum atomic E-state index is 0.677. The second-order valence-electron chi connectivity index (χ2n) is 5.27. The summed E-state index contributed by atoms with van der Waals surface area (Å²) in [5, 5.41) is 3.50. The van der Waals surface area contributed by atoms with Gasteiger partial charge in [-0.2, -0.15) is 0 Å². The summed E-state index contributed by atoms with van der Waals surface area (Å²) in [4.78, 5) is 5.15. The highest BCUT2D eigenvalue weighted by Gasteiger charge is 2.28. The van der Waals surface area contributed by atoms with Crippen molar-refractivity contribution in [1.82, 2.24) is 10.2 Å². The third kappa shape index (κ3) is 2.42. The number of benzene rings is 1. The van der Waals surface area contributed by atoms with Gasteiger partial charge in [0.25, 0.3) is 0 Å². The van der Waals surface area contributed by atoms with E-state index in [1.165, 1.54) is 28.8 Å². The van der Waals surface area contributed by atoms with Gasteiger partial charge in [0.15, 0.2) is 0 Å². The van der Waals surface area contributed by atoms with Crippen LogP contribution in [0.3, 0.4) is 0 Å². The van der Waals surface area contributed by atoms with E-state index in [0.29, 0.717) is 6.04 Å². The van der Waals surface area contributed by atoms with Crippen LogP contribution in [0, 0.1) is 6.92 Å². The topological polar surface area (TPSA) is 18.5 Å². The van der Waals surface area contributed by atoms with Gasteiger partial charge in [0.2, 0.25) is 0 Å². The first-order valence-electron chi connectivity index (χ1n) is 6.70. The Kier molecular flexibility index (Phi) is 3.59. The summed E-state index contributed by atoms with van der Waals surface area (Å²) >= 11 is 3.57. The number of fused-ring (bicyclic) bond motifs is 1. The lowest BCUT2D eigenvalue weighted by molar-refractivity contribution is 0.146.